The number of anilines is 2. The Morgan fingerprint density at radius 3 is 2.74 bits per heavy atom. The van der Waals surface area contributed by atoms with E-state index in [1.165, 1.54) is 11.5 Å². The molecule has 5 aliphatic rings. The monoisotopic (exact) mass is 660 g/mol. The molecule has 3 aromatic heterocycles. The highest BCUT2D eigenvalue weighted by Gasteiger charge is 2.50. The summed E-state index contributed by atoms with van der Waals surface area (Å²) >= 11 is 0. The first-order valence-electron chi connectivity index (χ1n) is 16.5. The summed E-state index contributed by atoms with van der Waals surface area (Å²) < 4.78 is 82.4. The van der Waals surface area contributed by atoms with Crippen LogP contribution in [0.3, 0.4) is 0 Å². The van der Waals surface area contributed by atoms with Crippen LogP contribution in [0.4, 0.5) is 33.6 Å². The van der Waals surface area contributed by atoms with Crippen molar-refractivity contribution >= 4 is 22.7 Å². The lowest BCUT2D eigenvalue weighted by atomic mass is 9.95. The Labute approximate surface area is 267 Å². The zero-order valence-electron chi connectivity index (χ0n) is 26.0. The topological polar surface area (TPSA) is 114 Å². The van der Waals surface area contributed by atoms with Crippen molar-refractivity contribution in [2.24, 2.45) is 0 Å². The van der Waals surface area contributed by atoms with Gasteiger partial charge in [-0.25, -0.2) is 13.8 Å². The second kappa shape index (κ2) is 11.0. The van der Waals surface area contributed by atoms with Gasteiger partial charge in [0.2, 0.25) is 0 Å². The van der Waals surface area contributed by atoms with Crippen LogP contribution in [0.1, 0.15) is 62.5 Å². The summed E-state index contributed by atoms with van der Waals surface area (Å²) in [4.78, 5) is 31.6. The van der Waals surface area contributed by atoms with Crippen molar-refractivity contribution in [2.75, 3.05) is 36.9 Å². The van der Waals surface area contributed by atoms with E-state index in [1.54, 1.807) is 0 Å². The quantitative estimate of drug-likeness (QED) is 0.395. The molecular weight excluding hydrogens is 623 g/mol. The molecule has 2 bridgehead atoms. The number of nitrogens with one attached hydrogen (secondary N) is 1. The lowest BCUT2D eigenvalue weighted by molar-refractivity contribution is -0.137. The molecule has 0 saturated carbocycles. The van der Waals surface area contributed by atoms with Crippen molar-refractivity contribution in [2.45, 2.75) is 101 Å². The van der Waals surface area contributed by atoms with Gasteiger partial charge in [-0.2, -0.15) is 23.1 Å². The molecule has 3 N–H and O–H groups in total. The zero-order chi connectivity index (χ0) is 32.8. The number of nitrogens with zero attached hydrogens (tertiary/aromatic N) is 6. The number of aromatic nitrogens is 4. The van der Waals surface area contributed by atoms with Crippen molar-refractivity contribution in [1.82, 2.24) is 29.7 Å². The van der Waals surface area contributed by atoms with Gasteiger partial charge in [0.25, 0.3) is 5.56 Å². The Morgan fingerprint density at radius 2 is 1.94 bits per heavy atom. The van der Waals surface area contributed by atoms with Crippen molar-refractivity contribution in [1.29, 1.82) is 0 Å². The summed E-state index contributed by atoms with van der Waals surface area (Å²) in [5.74, 6) is -1.19. The average Bonchev–Trinajstić information content (AvgIpc) is 3.67. The number of rotatable bonds is 4. The molecule has 10 nitrogen and oxygen atoms in total. The number of nitrogen functional groups attached to an aromatic ring is 1. The lowest BCUT2D eigenvalue weighted by Crippen LogP contribution is -2.58. The molecule has 5 atom stereocenters. The molecule has 252 valence electrons. The van der Waals surface area contributed by atoms with Gasteiger partial charge in [-0.05, 0) is 70.0 Å². The highest BCUT2D eigenvalue weighted by atomic mass is 19.4. The minimum Gasteiger partial charge on any atom is -0.461 e. The maximum Gasteiger partial charge on any atom is 0.418 e. The third-order valence-corrected chi connectivity index (χ3v) is 11.0. The number of fused-ring (bicyclic) bond motifs is 6. The van der Waals surface area contributed by atoms with Gasteiger partial charge in [0.05, 0.1) is 16.8 Å². The van der Waals surface area contributed by atoms with Crippen LogP contribution in [0.25, 0.3) is 22.3 Å². The van der Waals surface area contributed by atoms with E-state index < -0.39 is 46.1 Å². The first-order valence-corrected chi connectivity index (χ1v) is 16.5. The van der Waals surface area contributed by atoms with Crippen molar-refractivity contribution in [3.8, 4) is 17.3 Å². The van der Waals surface area contributed by atoms with E-state index in [9.17, 15) is 22.4 Å². The van der Waals surface area contributed by atoms with E-state index in [0.29, 0.717) is 31.7 Å². The summed E-state index contributed by atoms with van der Waals surface area (Å²) in [6, 6.07) is 1.22. The van der Waals surface area contributed by atoms with Gasteiger partial charge >= 0.3 is 12.2 Å². The minimum atomic E-state index is -4.94. The van der Waals surface area contributed by atoms with Crippen LogP contribution in [0.5, 0.6) is 6.01 Å². The number of aryl methyl sites for hydroxylation is 2. The van der Waals surface area contributed by atoms with Crippen LogP contribution in [0.2, 0.25) is 0 Å². The summed E-state index contributed by atoms with van der Waals surface area (Å²) in [7, 11) is 0. The standard InChI is InChI=1S/C32H37F5N8O2/c1-16-11-21(38)40-25(23(16)32(35,36)37)22-24(34)26-27-28(42-30(41-26)47-15-31-8-4-9-43(31)13-17(33)12-31)45-14-18-6-7-19(39-18)20(45)5-2-3-10-44(27)29(22)46/h11,17-20,39H,2-10,12-15H2,1H3,(H2,38,40)/t17-,18?,19?,20?,31+/m1/s1. The van der Waals surface area contributed by atoms with E-state index in [0.717, 1.165) is 51.1 Å². The number of pyridine rings is 2. The first-order chi connectivity index (χ1) is 22.4. The average molecular weight is 661 g/mol. The van der Waals surface area contributed by atoms with Crippen LogP contribution in [0, 0.1) is 12.7 Å². The van der Waals surface area contributed by atoms with Crippen LogP contribution in [-0.4, -0.2) is 80.5 Å². The molecule has 15 heteroatoms. The Hall–Kier alpha value is -3.59. The van der Waals surface area contributed by atoms with E-state index >= 15 is 4.39 Å². The Morgan fingerprint density at radius 1 is 1.11 bits per heavy atom. The molecule has 3 unspecified atom stereocenters. The van der Waals surface area contributed by atoms with Crippen LogP contribution in [0.15, 0.2) is 10.9 Å². The van der Waals surface area contributed by atoms with Gasteiger partial charge in [0.15, 0.2) is 11.6 Å². The first kappa shape index (κ1) is 30.7. The largest absolute Gasteiger partial charge is 0.461 e. The highest BCUT2D eigenvalue weighted by molar-refractivity contribution is 5.91. The third kappa shape index (κ3) is 4.94. The van der Waals surface area contributed by atoms with Crippen molar-refractivity contribution in [3.63, 3.8) is 0 Å². The molecule has 0 amide bonds. The van der Waals surface area contributed by atoms with Crippen LogP contribution < -0.4 is 26.2 Å². The van der Waals surface area contributed by atoms with E-state index in [-0.39, 0.29) is 59.7 Å². The Kier molecular flexibility index (Phi) is 7.17. The molecule has 5 aliphatic heterocycles. The van der Waals surface area contributed by atoms with E-state index in [1.807, 2.05) is 0 Å². The molecule has 4 fully saturated rings. The minimum absolute atomic E-state index is 0.00482. The maximum absolute atomic E-state index is 17.0. The van der Waals surface area contributed by atoms with Crippen molar-refractivity contribution in [3.05, 3.63) is 33.4 Å². The van der Waals surface area contributed by atoms with Gasteiger partial charge in [-0.15, -0.1) is 0 Å². The van der Waals surface area contributed by atoms with Gasteiger partial charge < -0.3 is 25.3 Å². The number of ether oxygens (including phenoxy) is 1. The zero-order valence-corrected chi connectivity index (χ0v) is 26.0. The van der Waals surface area contributed by atoms with E-state index in [2.05, 4.69) is 25.1 Å². The molecule has 0 aromatic carbocycles. The normalized spacial score (nSPS) is 29.0. The summed E-state index contributed by atoms with van der Waals surface area (Å²) in [5, 5.41) is 3.68. The third-order valence-electron chi connectivity index (χ3n) is 11.0. The number of nitrogens with two attached hydrogens (primary N) is 1. The van der Waals surface area contributed by atoms with Crippen LogP contribution >= 0.6 is 0 Å². The fourth-order valence-electron chi connectivity index (χ4n) is 8.95. The molecule has 8 rings (SSSR count). The molecular formula is C32H37F5N8O2. The predicted octanol–water partition coefficient (Wildman–Crippen LogP) is 4.35. The molecule has 0 aliphatic carbocycles. The summed E-state index contributed by atoms with van der Waals surface area (Å²) in [6.45, 7) is 3.02. The summed E-state index contributed by atoms with van der Waals surface area (Å²) in [6.07, 6.45) is -0.0214. The number of alkyl halides is 4. The smallest absolute Gasteiger partial charge is 0.418 e. The second-order valence-electron chi connectivity index (χ2n) is 13.9. The molecule has 8 heterocycles. The predicted molar refractivity (Wildman–Crippen MR) is 165 cm³/mol. The number of piperazine rings is 1. The van der Waals surface area contributed by atoms with Crippen LogP contribution in [-0.2, 0) is 12.7 Å². The van der Waals surface area contributed by atoms with Gasteiger partial charge in [0, 0.05) is 44.2 Å². The Balaban J connectivity index is 1.36. The highest BCUT2D eigenvalue weighted by Crippen LogP contribution is 2.43. The summed E-state index contributed by atoms with van der Waals surface area (Å²) in [5.41, 5.74) is 0.961. The second-order valence-corrected chi connectivity index (χ2v) is 13.9. The van der Waals surface area contributed by atoms with Gasteiger partial charge in [-0.1, -0.05) is 0 Å². The van der Waals surface area contributed by atoms with Crippen molar-refractivity contribution < 1.29 is 26.7 Å². The van der Waals surface area contributed by atoms with E-state index in [4.69, 9.17) is 15.5 Å². The van der Waals surface area contributed by atoms with Gasteiger partial charge in [0.1, 0.15) is 35.2 Å². The lowest BCUT2D eigenvalue weighted by Gasteiger charge is -2.42. The number of hydrogen-bond acceptors (Lipinski definition) is 9. The molecule has 47 heavy (non-hydrogen) atoms. The molecule has 4 saturated heterocycles. The SMILES string of the molecule is Cc1cc(N)nc(-c2c(F)c3nc(OC[C@@]45CCCN4C[C@H](F)C5)nc4c3n(c2=O)CCCCC2C3CCC(CN42)N3)c1C(F)(F)F. The fourth-order valence-corrected chi connectivity index (χ4v) is 8.95. The number of hydrogen-bond donors (Lipinski definition) is 2. The van der Waals surface area contributed by atoms with Gasteiger partial charge in [-0.3, -0.25) is 9.69 Å². The molecule has 0 radical (unpaired) electrons. The molecule has 0 spiro atoms. The fraction of sp³-hybridized carbons (Fsp3) is 0.625. The Bertz CT molecular complexity index is 1820. The maximum atomic E-state index is 17.0. The number of halogens is 5. The molecule has 3 aromatic rings.